The Morgan fingerprint density at radius 2 is 1.76 bits per heavy atom. The lowest BCUT2D eigenvalue weighted by atomic mass is 10.1. The van der Waals surface area contributed by atoms with Gasteiger partial charge in [0.25, 0.3) is 11.8 Å². The third kappa shape index (κ3) is 6.56. The van der Waals surface area contributed by atoms with E-state index in [1.807, 2.05) is 6.07 Å². The number of amides is 2. The van der Waals surface area contributed by atoms with Crippen molar-refractivity contribution in [1.29, 1.82) is 5.26 Å². The van der Waals surface area contributed by atoms with Crippen molar-refractivity contribution in [1.82, 2.24) is 4.90 Å². The molecule has 3 aromatic carbocycles. The van der Waals surface area contributed by atoms with E-state index >= 15 is 0 Å². The summed E-state index contributed by atoms with van der Waals surface area (Å²) in [6.45, 7) is 1.10. The largest absolute Gasteiger partial charge is 0.334 e. The molecule has 0 fully saturated rings. The molecular weight excluding hydrogens is 459 g/mol. The molecule has 0 aliphatic heterocycles. The predicted octanol–water partition coefficient (Wildman–Crippen LogP) is 5.11. The summed E-state index contributed by atoms with van der Waals surface area (Å²) in [4.78, 5) is 27.3. The van der Waals surface area contributed by atoms with E-state index in [0.717, 1.165) is 0 Å². The second kappa shape index (κ2) is 11.5. The van der Waals surface area contributed by atoms with Gasteiger partial charge < -0.3 is 16.0 Å². The molecular formula is C25H22Cl2N4O2. The molecule has 0 aliphatic rings. The molecule has 0 bridgehead atoms. The van der Waals surface area contributed by atoms with Gasteiger partial charge in [0, 0.05) is 39.9 Å². The Morgan fingerprint density at radius 3 is 2.42 bits per heavy atom. The van der Waals surface area contributed by atoms with Crippen molar-refractivity contribution in [3.05, 3.63) is 99.0 Å². The molecule has 168 valence electrons. The van der Waals surface area contributed by atoms with Gasteiger partial charge in [-0.3, -0.25) is 9.59 Å². The van der Waals surface area contributed by atoms with Crippen LogP contribution in [0.3, 0.4) is 0 Å². The summed E-state index contributed by atoms with van der Waals surface area (Å²) in [6, 6.07) is 20.3. The van der Waals surface area contributed by atoms with E-state index in [2.05, 4.69) is 5.32 Å². The van der Waals surface area contributed by atoms with Crippen molar-refractivity contribution in [2.45, 2.75) is 13.0 Å². The number of nitriles is 1. The number of anilines is 1. The summed E-state index contributed by atoms with van der Waals surface area (Å²) in [5.74, 6) is -0.503. The van der Waals surface area contributed by atoms with Gasteiger partial charge in [0.1, 0.15) is 0 Å². The van der Waals surface area contributed by atoms with E-state index in [1.165, 1.54) is 0 Å². The van der Waals surface area contributed by atoms with Gasteiger partial charge >= 0.3 is 0 Å². The summed E-state index contributed by atoms with van der Waals surface area (Å²) < 4.78 is 0. The predicted molar refractivity (Wildman–Crippen MR) is 130 cm³/mol. The zero-order chi connectivity index (χ0) is 23.8. The number of carbonyl (C=O) groups is 2. The number of nitrogens with zero attached hydrogens (tertiary/aromatic N) is 2. The van der Waals surface area contributed by atoms with Gasteiger partial charge in [-0.15, -0.1) is 0 Å². The molecule has 0 radical (unpaired) electrons. The fourth-order valence-electron chi connectivity index (χ4n) is 3.22. The minimum Gasteiger partial charge on any atom is -0.334 e. The molecule has 3 N–H and O–H groups in total. The Labute approximate surface area is 202 Å². The van der Waals surface area contributed by atoms with Crippen molar-refractivity contribution in [3.8, 4) is 6.07 Å². The molecule has 2 amide bonds. The topological polar surface area (TPSA) is 99.2 Å². The van der Waals surface area contributed by atoms with E-state index in [4.69, 9.17) is 34.2 Å². The zero-order valence-corrected chi connectivity index (χ0v) is 19.2. The fraction of sp³-hybridized carbons (Fsp3) is 0.160. The molecule has 6 nitrogen and oxygen atoms in total. The van der Waals surface area contributed by atoms with Crippen molar-refractivity contribution in [2.24, 2.45) is 5.73 Å². The molecule has 0 unspecified atom stereocenters. The maximum Gasteiger partial charge on any atom is 0.255 e. The van der Waals surface area contributed by atoms with E-state index in [1.54, 1.807) is 71.6 Å². The second-order valence-corrected chi connectivity index (χ2v) is 8.17. The summed E-state index contributed by atoms with van der Waals surface area (Å²) in [6.07, 6.45) is 0.616. The third-order valence-electron chi connectivity index (χ3n) is 4.93. The Kier molecular flexibility index (Phi) is 8.45. The first-order chi connectivity index (χ1) is 15.9. The lowest BCUT2D eigenvalue weighted by Crippen LogP contribution is -2.32. The SMILES string of the molecule is N#Cc1ccc(C(=O)N(CCCN)Cc2cc(NC(=O)c3cccc(Cl)c3)ccc2Cl)cc1. The molecule has 0 heterocycles. The Balaban J connectivity index is 1.81. The van der Waals surface area contributed by atoms with Crippen LogP contribution in [0.5, 0.6) is 0 Å². The molecule has 0 aliphatic carbocycles. The monoisotopic (exact) mass is 480 g/mol. The highest BCUT2D eigenvalue weighted by atomic mass is 35.5. The number of hydrogen-bond donors (Lipinski definition) is 2. The smallest absolute Gasteiger partial charge is 0.255 e. The van der Waals surface area contributed by atoms with Crippen LogP contribution in [0.1, 0.15) is 38.3 Å². The molecule has 0 saturated carbocycles. The standard InChI is InChI=1S/C25H22Cl2N4O2/c26-21-4-1-3-19(13-21)24(32)30-22-9-10-23(27)20(14-22)16-31(12-2-11-28)25(33)18-7-5-17(15-29)6-8-18/h1,3-10,13-14H,2,11-12,16,28H2,(H,30,32). The summed E-state index contributed by atoms with van der Waals surface area (Å²) in [5, 5.41) is 12.8. The highest BCUT2D eigenvalue weighted by Gasteiger charge is 2.18. The van der Waals surface area contributed by atoms with Crippen LogP contribution in [0.2, 0.25) is 10.0 Å². The molecule has 8 heteroatoms. The van der Waals surface area contributed by atoms with Gasteiger partial charge in [-0.25, -0.2) is 0 Å². The number of halogens is 2. The molecule has 0 aromatic heterocycles. The van der Waals surface area contributed by atoms with Crippen LogP contribution in [0.25, 0.3) is 0 Å². The summed E-state index contributed by atoms with van der Waals surface area (Å²) in [5.41, 5.74) is 8.26. The number of rotatable bonds is 8. The van der Waals surface area contributed by atoms with Crippen molar-refractivity contribution in [3.63, 3.8) is 0 Å². The van der Waals surface area contributed by atoms with Crippen molar-refractivity contribution in [2.75, 3.05) is 18.4 Å². The van der Waals surface area contributed by atoms with Crippen molar-refractivity contribution < 1.29 is 9.59 Å². The Morgan fingerprint density at radius 1 is 1.00 bits per heavy atom. The minimum atomic E-state index is -0.306. The van der Waals surface area contributed by atoms with Gasteiger partial charge in [0.15, 0.2) is 0 Å². The first-order valence-electron chi connectivity index (χ1n) is 10.3. The summed E-state index contributed by atoms with van der Waals surface area (Å²) in [7, 11) is 0. The third-order valence-corrected chi connectivity index (χ3v) is 5.54. The van der Waals surface area contributed by atoms with Crippen LogP contribution >= 0.6 is 23.2 Å². The number of nitrogens with two attached hydrogens (primary N) is 1. The molecule has 3 rings (SSSR count). The van der Waals surface area contributed by atoms with Gasteiger partial charge in [0.05, 0.1) is 11.6 Å². The number of benzene rings is 3. The lowest BCUT2D eigenvalue weighted by molar-refractivity contribution is 0.0742. The van der Waals surface area contributed by atoms with Crippen LogP contribution in [-0.4, -0.2) is 29.8 Å². The lowest BCUT2D eigenvalue weighted by Gasteiger charge is -2.24. The van der Waals surface area contributed by atoms with Gasteiger partial charge in [0.2, 0.25) is 0 Å². The molecule has 3 aromatic rings. The first kappa shape index (κ1) is 24.3. The van der Waals surface area contributed by atoms with Crippen LogP contribution in [-0.2, 0) is 6.54 Å². The van der Waals surface area contributed by atoms with E-state index in [9.17, 15) is 9.59 Å². The molecule has 0 saturated heterocycles. The van der Waals surface area contributed by atoms with Crippen LogP contribution in [0, 0.1) is 11.3 Å². The second-order valence-electron chi connectivity index (χ2n) is 7.33. The quantitative estimate of drug-likeness (QED) is 0.467. The average molecular weight is 481 g/mol. The van der Waals surface area contributed by atoms with E-state index in [-0.39, 0.29) is 18.4 Å². The Hall–Kier alpha value is -3.37. The first-order valence-corrected chi connectivity index (χ1v) is 11.0. The highest BCUT2D eigenvalue weighted by molar-refractivity contribution is 6.31. The zero-order valence-electron chi connectivity index (χ0n) is 17.7. The molecule has 0 atom stereocenters. The summed E-state index contributed by atoms with van der Waals surface area (Å²) >= 11 is 12.4. The average Bonchev–Trinajstić information content (AvgIpc) is 2.83. The highest BCUT2D eigenvalue weighted by Crippen LogP contribution is 2.24. The van der Waals surface area contributed by atoms with Gasteiger partial charge in [-0.2, -0.15) is 5.26 Å². The molecule has 33 heavy (non-hydrogen) atoms. The van der Waals surface area contributed by atoms with Crippen LogP contribution < -0.4 is 11.1 Å². The van der Waals surface area contributed by atoms with E-state index in [0.29, 0.717) is 57.5 Å². The fourth-order valence-corrected chi connectivity index (χ4v) is 3.58. The maximum absolute atomic E-state index is 13.1. The Bertz CT molecular complexity index is 1190. The number of nitrogens with one attached hydrogen (secondary N) is 1. The molecule has 0 spiro atoms. The number of hydrogen-bond acceptors (Lipinski definition) is 4. The van der Waals surface area contributed by atoms with Crippen LogP contribution in [0.15, 0.2) is 66.7 Å². The van der Waals surface area contributed by atoms with E-state index < -0.39 is 0 Å². The minimum absolute atomic E-state index is 0.197. The van der Waals surface area contributed by atoms with Gasteiger partial charge in [-0.05, 0) is 79.2 Å². The maximum atomic E-state index is 13.1. The normalized spacial score (nSPS) is 10.4. The van der Waals surface area contributed by atoms with Gasteiger partial charge in [-0.1, -0.05) is 29.3 Å². The van der Waals surface area contributed by atoms with Crippen molar-refractivity contribution >= 4 is 40.7 Å². The van der Waals surface area contributed by atoms with Crippen LogP contribution in [0.4, 0.5) is 5.69 Å². The number of carbonyl (C=O) groups excluding carboxylic acids is 2.